The first-order chi connectivity index (χ1) is 9.42. The van der Waals surface area contributed by atoms with Gasteiger partial charge in [-0.15, -0.1) is 0 Å². The Labute approximate surface area is 115 Å². The smallest absolute Gasteiger partial charge is 0.262 e. The zero-order valence-corrected chi connectivity index (χ0v) is 11.4. The lowest BCUT2D eigenvalue weighted by molar-refractivity contribution is 0.601. The van der Waals surface area contributed by atoms with Gasteiger partial charge in [-0.25, -0.2) is 23.6 Å². The third kappa shape index (κ3) is 3.03. The summed E-state index contributed by atoms with van der Waals surface area (Å²) < 4.78 is 39.9. The van der Waals surface area contributed by atoms with Crippen LogP contribution in [-0.2, 0) is 10.0 Å². The average Bonchev–Trinajstić information content (AvgIpc) is 2.43. The summed E-state index contributed by atoms with van der Waals surface area (Å²) in [5.41, 5.74) is 3.06. The molecule has 1 aromatic carbocycles. The monoisotopic (exact) mass is 296 g/mol. The van der Waals surface area contributed by atoms with E-state index in [9.17, 15) is 12.8 Å². The molecular formula is C12H13FN4O2S. The van der Waals surface area contributed by atoms with Crippen molar-refractivity contribution in [2.45, 2.75) is 11.8 Å². The standard InChI is InChI=1S/C12H13FN4O2S/c1-8-2-3-9(13)6-11(8)17-20(18,19)10-4-5-15-12(7-10)16-14/h2-7,17H,14H2,1H3,(H,15,16). The van der Waals surface area contributed by atoms with Gasteiger partial charge in [0.25, 0.3) is 10.0 Å². The molecule has 0 saturated carbocycles. The SMILES string of the molecule is Cc1ccc(F)cc1NS(=O)(=O)c1ccnc(NN)c1. The maximum Gasteiger partial charge on any atom is 0.262 e. The number of benzene rings is 1. The van der Waals surface area contributed by atoms with Crippen LogP contribution in [0.4, 0.5) is 15.9 Å². The average molecular weight is 296 g/mol. The van der Waals surface area contributed by atoms with Gasteiger partial charge in [-0.3, -0.25) is 4.72 Å². The summed E-state index contributed by atoms with van der Waals surface area (Å²) in [5, 5.41) is 0. The zero-order valence-electron chi connectivity index (χ0n) is 10.6. The summed E-state index contributed by atoms with van der Waals surface area (Å²) in [6.07, 6.45) is 1.31. The van der Waals surface area contributed by atoms with Crippen molar-refractivity contribution in [3.63, 3.8) is 0 Å². The molecule has 0 aliphatic carbocycles. The quantitative estimate of drug-likeness (QED) is 0.588. The first kappa shape index (κ1) is 14.2. The number of hydrogen-bond donors (Lipinski definition) is 3. The molecule has 0 spiro atoms. The van der Waals surface area contributed by atoms with Crippen molar-refractivity contribution in [1.29, 1.82) is 0 Å². The fourth-order valence-corrected chi connectivity index (χ4v) is 2.70. The molecule has 0 aliphatic rings. The van der Waals surface area contributed by atoms with Crippen molar-refractivity contribution in [3.05, 3.63) is 47.9 Å². The number of aryl methyl sites for hydroxylation is 1. The molecule has 0 aliphatic heterocycles. The van der Waals surface area contributed by atoms with E-state index >= 15 is 0 Å². The number of rotatable bonds is 4. The molecule has 2 aromatic rings. The van der Waals surface area contributed by atoms with Gasteiger partial charge >= 0.3 is 0 Å². The van der Waals surface area contributed by atoms with Gasteiger partial charge in [-0.2, -0.15) is 0 Å². The van der Waals surface area contributed by atoms with Crippen LogP contribution in [0.3, 0.4) is 0 Å². The lowest BCUT2D eigenvalue weighted by Crippen LogP contribution is -2.15. The van der Waals surface area contributed by atoms with E-state index in [2.05, 4.69) is 15.1 Å². The Morgan fingerprint density at radius 2 is 2.00 bits per heavy atom. The van der Waals surface area contributed by atoms with Gasteiger partial charge in [-0.05, 0) is 30.7 Å². The van der Waals surface area contributed by atoms with Crippen molar-refractivity contribution in [3.8, 4) is 0 Å². The predicted molar refractivity (Wildman–Crippen MR) is 74.0 cm³/mol. The Kier molecular flexibility index (Phi) is 3.86. The van der Waals surface area contributed by atoms with Crippen LogP contribution < -0.4 is 16.0 Å². The van der Waals surface area contributed by atoms with Gasteiger partial charge in [0.2, 0.25) is 0 Å². The molecule has 0 unspecified atom stereocenters. The van der Waals surface area contributed by atoms with Gasteiger partial charge < -0.3 is 5.43 Å². The van der Waals surface area contributed by atoms with Crippen LogP contribution in [0.2, 0.25) is 0 Å². The largest absolute Gasteiger partial charge is 0.308 e. The maximum atomic E-state index is 13.2. The lowest BCUT2D eigenvalue weighted by Gasteiger charge is -2.11. The van der Waals surface area contributed by atoms with E-state index in [4.69, 9.17) is 5.84 Å². The van der Waals surface area contributed by atoms with Crippen molar-refractivity contribution in [1.82, 2.24) is 4.98 Å². The first-order valence-electron chi connectivity index (χ1n) is 5.64. The molecule has 1 heterocycles. The van der Waals surface area contributed by atoms with Crippen LogP contribution in [0, 0.1) is 12.7 Å². The summed E-state index contributed by atoms with van der Waals surface area (Å²) in [4.78, 5) is 3.80. The van der Waals surface area contributed by atoms with Crippen LogP contribution in [0.1, 0.15) is 5.56 Å². The van der Waals surface area contributed by atoms with Gasteiger partial charge in [0.05, 0.1) is 10.6 Å². The van der Waals surface area contributed by atoms with E-state index in [0.717, 1.165) is 6.07 Å². The Hall–Kier alpha value is -2.19. The molecule has 4 N–H and O–H groups in total. The second-order valence-electron chi connectivity index (χ2n) is 4.09. The van der Waals surface area contributed by atoms with Crippen LogP contribution >= 0.6 is 0 Å². The van der Waals surface area contributed by atoms with E-state index in [1.54, 1.807) is 6.92 Å². The third-order valence-electron chi connectivity index (χ3n) is 2.63. The number of sulfonamides is 1. The molecule has 0 bridgehead atoms. The zero-order chi connectivity index (χ0) is 14.8. The summed E-state index contributed by atoms with van der Waals surface area (Å²) in [6.45, 7) is 1.68. The molecule has 6 nitrogen and oxygen atoms in total. The number of nitrogen functional groups attached to an aromatic ring is 1. The first-order valence-corrected chi connectivity index (χ1v) is 7.12. The molecule has 1 aromatic heterocycles. The molecular weight excluding hydrogens is 283 g/mol. The van der Waals surface area contributed by atoms with Crippen LogP contribution in [0.5, 0.6) is 0 Å². The minimum atomic E-state index is -3.84. The highest BCUT2D eigenvalue weighted by Gasteiger charge is 2.16. The van der Waals surface area contributed by atoms with E-state index in [1.165, 1.54) is 30.5 Å². The van der Waals surface area contributed by atoms with Gasteiger partial charge in [-0.1, -0.05) is 6.07 Å². The van der Waals surface area contributed by atoms with Crippen molar-refractivity contribution in [2.24, 2.45) is 5.84 Å². The van der Waals surface area contributed by atoms with E-state index in [1.807, 2.05) is 0 Å². The van der Waals surface area contributed by atoms with Gasteiger partial charge in [0.15, 0.2) is 0 Å². The molecule has 0 amide bonds. The lowest BCUT2D eigenvalue weighted by atomic mass is 10.2. The highest BCUT2D eigenvalue weighted by Crippen LogP contribution is 2.21. The molecule has 0 fully saturated rings. The number of nitrogens with zero attached hydrogens (tertiary/aromatic N) is 1. The molecule has 106 valence electrons. The topological polar surface area (TPSA) is 97.1 Å². The Bertz CT molecular complexity index is 734. The van der Waals surface area contributed by atoms with Crippen molar-refractivity contribution < 1.29 is 12.8 Å². The fraction of sp³-hybridized carbons (Fsp3) is 0.0833. The highest BCUT2D eigenvalue weighted by atomic mass is 32.2. The van der Waals surface area contributed by atoms with E-state index < -0.39 is 15.8 Å². The van der Waals surface area contributed by atoms with Crippen LogP contribution in [0.25, 0.3) is 0 Å². The predicted octanol–water partition coefficient (Wildman–Crippen LogP) is 1.62. The number of halogens is 1. The van der Waals surface area contributed by atoms with E-state index in [-0.39, 0.29) is 16.4 Å². The molecule has 0 atom stereocenters. The summed E-state index contributed by atoms with van der Waals surface area (Å²) in [7, 11) is -3.84. The molecule has 8 heteroatoms. The molecule has 0 saturated heterocycles. The number of nitrogens with two attached hydrogens (primary N) is 1. The number of pyridine rings is 1. The Balaban J connectivity index is 2.38. The number of nitrogens with one attached hydrogen (secondary N) is 2. The van der Waals surface area contributed by atoms with E-state index in [0.29, 0.717) is 5.56 Å². The van der Waals surface area contributed by atoms with Crippen molar-refractivity contribution in [2.75, 3.05) is 10.1 Å². The highest BCUT2D eigenvalue weighted by molar-refractivity contribution is 7.92. The maximum absolute atomic E-state index is 13.2. The number of aromatic nitrogens is 1. The number of hydrogen-bond acceptors (Lipinski definition) is 5. The summed E-state index contributed by atoms with van der Waals surface area (Å²) >= 11 is 0. The molecule has 20 heavy (non-hydrogen) atoms. The third-order valence-corrected chi connectivity index (χ3v) is 4.00. The second kappa shape index (κ2) is 5.43. The van der Waals surface area contributed by atoms with Crippen molar-refractivity contribution >= 4 is 21.5 Å². The Morgan fingerprint density at radius 1 is 1.25 bits per heavy atom. The van der Waals surface area contributed by atoms with Gasteiger partial charge in [0.1, 0.15) is 11.6 Å². The minimum Gasteiger partial charge on any atom is -0.308 e. The molecule has 0 radical (unpaired) electrons. The van der Waals surface area contributed by atoms with Gasteiger partial charge in [0, 0.05) is 12.3 Å². The summed E-state index contributed by atoms with van der Waals surface area (Å²) in [5.74, 6) is 4.87. The Morgan fingerprint density at radius 3 is 2.70 bits per heavy atom. The van der Waals surface area contributed by atoms with Crippen LogP contribution in [-0.4, -0.2) is 13.4 Å². The normalized spacial score (nSPS) is 11.2. The number of anilines is 2. The summed E-state index contributed by atoms with van der Waals surface area (Å²) in [6, 6.07) is 6.47. The minimum absolute atomic E-state index is 0.0240. The van der Waals surface area contributed by atoms with Crippen LogP contribution in [0.15, 0.2) is 41.4 Å². The molecule has 2 rings (SSSR count). The second-order valence-corrected chi connectivity index (χ2v) is 5.77. The fourth-order valence-electron chi connectivity index (χ4n) is 1.57. The number of hydrazine groups is 1.